The molecule has 0 saturated carbocycles. The zero-order valence-electron chi connectivity index (χ0n) is 7.03. The summed E-state index contributed by atoms with van der Waals surface area (Å²) in [5, 5.41) is 8.85. The van der Waals surface area contributed by atoms with Gasteiger partial charge in [0.1, 0.15) is 0 Å². The predicted octanol–water partition coefficient (Wildman–Crippen LogP) is 0.509. The summed E-state index contributed by atoms with van der Waals surface area (Å²) in [5.41, 5.74) is 1.61. The molecule has 0 fully saturated rings. The second-order valence-electron chi connectivity index (χ2n) is 3.17. The third kappa shape index (κ3) is 1.36. The molecule has 13 heavy (non-hydrogen) atoms. The van der Waals surface area contributed by atoms with Crippen LogP contribution in [-0.2, 0) is 22.9 Å². The van der Waals surface area contributed by atoms with Crippen molar-refractivity contribution >= 4 is 9.84 Å². The molecule has 0 unspecified atom stereocenters. The summed E-state index contributed by atoms with van der Waals surface area (Å²) in [7, 11) is -3.01. The molecule has 1 aliphatic rings. The molecule has 1 aromatic carbocycles. The molecule has 0 amide bonds. The maximum Gasteiger partial charge on any atom is 0.178 e. The fourth-order valence-corrected chi connectivity index (χ4v) is 3.13. The highest BCUT2D eigenvalue weighted by Gasteiger charge is 2.25. The molecule has 0 radical (unpaired) electrons. The normalized spacial score (nSPS) is 18.5. The number of rotatable bonds is 1. The van der Waals surface area contributed by atoms with Gasteiger partial charge < -0.3 is 5.11 Å². The van der Waals surface area contributed by atoms with E-state index in [1.165, 1.54) is 0 Å². The Morgan fingerprint density at radius 3 is 2.85 bits per heavy atom. The van der Waals surface area contributed by atoms with Crippen molar-refractivity contribution in [3.8, 4) is 0 Å². The van der Waals surface area contributed by atoms with E-state index in [4.69, 9.17) is 5.11 Å². The molecule has 0 bridgehead atoms. The molecule has 0 aliphatic carbocycles. The van der Waals surface area contributed by atoms with Gasteiger partial charge in [-0.3, -0.25) is 0 Å². The number of aliphatic hydroxyl groups excluding tert-OH is 1. The van der Waals surface area contributed by atoms with E-state index in [0.717, 1.165) is 11.1 Å². The van der Waals surface area contributed by atoms with Crippen LogP contribution < -0.4 is 0 Å². The van der Waals surface area contributed by atoms with E-state index >= 15 is 0 Å². The molecule has 1 aromatic rings. The average molecular weight is 198 g/mol. The summed E-state index contributed by atoms with van der Waals surface area (Å²) in [6.45, 7) is -0.0344. The molecule has 1 aliphatic heterocycles. The lowest BCUT2D eigenvalue weighted by Crippen LogP contribution is -1.98. The first-order chi connectivity index (χ1) is 6.13. The van der Waals surface area contributed by atoms with E-state index in [-0.39, 0.29) is 12.4 Å². The quantitative estimate of drug-likeness (QED) is 0.715. The van der Waals surface area contributed by atoms with Crippen molar-refractivity contribution in [3.05, 3.63) is 29.3 Å². The third-order valence-corrected chi connectivity index (χ3v) is 4.09. The summed E-state index contributed by atoms with van der Waals surface area (Å²) in [6.07, 6.45) is 0.575. The molecular formula is C9H10O3S. The zero-order valence-corrected chi connectivity index (χ0v) is 7.84. The summed E-state index contributed by atoms with van der Waals surface area (Å²) >= 11 is 0. The number of benzene rings is 1. The first-order valence-corrected chi connectivity index (χ1v) is 5.74. The molecule has 0 saturated heterocycles. The average Bonchev–Trinajstić information content (AvgIpc) is 2.42. The van der Waals surface area contributed by atoms with E-state index in [1.54, 1.807) is 18.2 Å². The lowest BCUT2D eigenvalue weighted by molar-refractivity contribution is 0.281. The summed E-state index contributed by atoms with van der Waals surface area (Å²) in [5.74, 6) is 0.206. The Morgan fingerprint density at radius 1 is 1.38 bits per heavy atom. The molecule has 0 atom stereocenters. The molecule has 0 aromatic heterocycles. The second-order valence-corrected chi connectivity index (χ2v) is 5.25. The molecule has 4 heteroatoms. The van der Waals surface area contributed by atoms with Crippen molar-refractivity contribution < 1.29 is 13.5 Å². The standard InChI is InChI=1S/C9H10O3S/c10-6-7-1-2-9-8(5-7)3-4-13(9,11)12/h1-2,5,10H,3-4,6H2. The topological polar surface area (TPSA) is 54.4 Å². The van der Waals surface area contributed by atoms with Crippen molar-refractivity contribution in [1.29, 1.82) is 0 Å². The number of hydrogen-bond donors (Lipinski definition) is 1. The van der Waals surface area contributed by atoms with Crippen LogP contribution in [-0.4, -0.2) is 19.3 Å². The predicted molar refractivity (Wildman–Crippen MR) is 48.1 cm³/mol. The molecule has 0 spiro atoms. The van der Waals surface area contributed by atoms with Gasteiger partial charge in [-0.05, 0) is 23.6 Å². The van der Waals surface area contributed by atoms with E-state index in [9.17, 15) is 8.42 Å². The Kier molecular flexibility index (Phi) is 1.89. The van der Waals surface area contributed by atoms with Crippen molar-refractivity contribution in [1.82, 2.24) is 0 Å². The monoisotopic (exact) mass is 198 g/mol. The summed E-state index contributed by atoms with van der Waals surface area (Å²) in [4.78, 5) is 0.435. The zero-order chi connectivity index (χ0) is 9.47. The highest BCUT2D eigenvalue weighted by molar-refractivity contribution is 7.91. The van der Waals surface area contributed by atoms with E-state index < -0.39 is 9.84 Å². The fourth-order valence-electron chi connectivity index (χ4n) is 1.58. The smallest absolute Gasteiger partial charge is 0.178 e. The van der Waals surface area contributed by atoms with Gasteiger partial charge in [0.2, 0.25) is 0 Å². The highest BCUT2D eigenvalue weighted by Crippen LogP contribution is 2.26. The number of aliphatic hydroxyl groups is 1. The first kappa shape index (κ1) is 8.72. The molecule has 1 N–H and O–H groups in total. The molecule has 70 valence electrons. The largest absolute Gasteiger partial charge is 0.392 e. The van der Waals surface area contributed by atoms with E-state index in [0.29, 0.717) is 11.3 Å². The van der Waals surface area contributed by atoms with Crippen LogP contribution >= 0.6 is 0 Å². The van der Waals surface area contributed by atoms with Gasteiger partial charge in [0, 0.05) is 0 Å². The highest BCUT2D eigenvalue weighted by atomic mass is 32.2. The number of hydrogen-bond acceptors (Lipinski definition) is 3. The minimum atomic E-state index is -3.01. The van der Waals surface area contributed by atoms with Crippen LogP contribution in [0.25, 0.3) is 0 Å². The van der Waals surface area contributed by atoms with Crippen LogP contribution in [0.4, 0.5) is 0 Å². The van der Waals surface area contributed by atoms with Crippen LogP contribution in [0.5, 0.6) is 0 Å². The minimum absolute atomic E-state index is 0.0344. The molecule has 2 rings (SSSR count). The molecule has 1 heterocycles. The third-order valence-electron chi connectivity index (χ3n) is 2.28. The van der Waals surface area contributed by atoms with Crippen molar-refractivity contribution in [2.75, 3.05) is 5.75 Å². The Morgan fingerprint density at radius 2 is 2.15 bits per heavy atom. The van der Waals surface area contributed by atoms with Crippen LogP contribution in [0.15, 0.2) is 23.1 Å². The second kappa shape index (κ2) is 2.82. The van der Waals surface area contributed by atoms with Crippen LogP contribution in [0.2, 0.25) is 0 Å². The van der Waals surface area contributed by atoms with E-state index in [1.807, 2.05) is 0 Å². The van der Waals surface area contributed by atoms with Crippen LogP contribution in [0, 0.1) is 0 Å². The van der Waals surface area contributed by atoms with Gasteiger partial charge in [-0.15, -0.1) is 0 Å². The SMILES string of the molecule is O=S1(=O)CCc2cc(CO)ccc21. The van der Waals surface area contributed by atoms with Gasteiger partial charge in [-0.2, -0.15) is 0 Å². The maximum atomic E-state index is 11.4. The van der Waals surface area contributed by atoms with E-state index in [2.05, 4.69) is 0 Å². The Balaban J connectivity index is 2.59. The van der Waals surface area contributed by atoms with Gasteiger partial charge in [0.15, 0.2) is 9.84 Å². The summed E-state index contributed by atoms with van der Waals surface area (Å²) < 4.78 is 22.8. The van der Waals surface area contributed by atoms with Crippen LogP contribution in [0.3, 0.4) is 0 Å². The van der Waals surface area contributed by atoms with Gasteiger partial charge in [-0.25, -0.2) is 8.42 Å². The van der Waals surface area contributed by atoms with Gasteiger partial charge in [-0.1, -0.05) is 12.1 Å². The Bertz CT molecular complexity index is 434. The number of aryl methyl sites for hydroxylation is 1. The first-order valence-electron chi connectivity index (χ1n) is 4.09. The number of fused-ring (bicyclic) bond motifs is 1. The van der Waals surface area contributed by atoms with Gasteiger partial charge >= 0.3 is 0 Å². The maximum absolute atomic E-state index is 11.4. The van der Waals surface area contributed by atoms with Crippen molar-refractivity contribution in [2.45, 2.75) is 17.9 Å². The molecular weight excluding hydrogens is 188 g/mol. The minimum Gasteiger partial charge on any atom is -0.392 e. The van der Waals surface area contributed by atoms with Gasteiger partial charge in [0.05, 0.1) is 17.3 Å². The van der Waals surface area contributed by atoms with Crippen molar-refractivity contribution in [2.24, 2.45) is 0 Å². The Hall–Kier alpha value is -0.870. The van der Waals surface area contributed by atoms with Crippen LogP contribution in [0.1, 0.15) is 11.1 Å². The van der Waals surface area contributed by atoms with Crippen molar-refractivity contribution in [3.63, 3.8) is 0 Å². The Labute approximate surface area is 76.9 Å². The summed E-state index contributed by atoms with van der Waals surface area (Å²) in [6, 6.07) is 5.00. The fraction of sp³-hybridized carbons (Fsp3) is 0.333. The van der Waals surface area contributed by atoms with Gasteiger partial charge in [0.25, 0.3) is 0 Å². The number of sulfone groups is 1. The lowest BCUT2D eigenvalue weighted by Gasteiger charge is -2.00. The lowest BCUT2D eigenvalue weighted by atomic mass is 10.1. The molecule has 3 nitrogen and oxygen atoms in total.